The van der Waals surface area contributed by atoms with Crippen LogP contribution in [0, 0.1) is 6.92 Å². The lowest BCUT2D eigenvalue weighted by Crippen LogP contribution is -2.41. The number of carbonyl (C=O) groups is 1. The van der Waals surface area contributed by atoms with Gasteiger partial charge >= 0.3 is 0 Å². The number of aryl methyl sites for hydroxylation is 1. The molecule has 3 nitrogen and oxygen atoms in total. The number of pyridine rings is 1. The van der Waals surface area contributed by atoms with Crippen molar-refractivity contribution in [2.75, 3.05) is 5.75 Å². The van der Waals surface area contributed by atoms with Crippen molar-refractivity contribution in [1.29, 1.82) is 0 Å². The molecule has 0 fully saturated rings. The molecule has 0 aliphatic rings. The molecule has 106 valence electrons. The molecule has 0 aliphatic carbocycles. The van der Waals surface area contributed by atoms with Gasteiger partial charge in [0.25, 0.3) is 0 Å². The number of aromatic nitrogens is 1. The Kier molecular flexibility index (Phi) is 4.33. The van der Waals surface area contributed by atoms with Crippen LogP contribution in [0.25, 0.3) is 10.9 Å². The second-order valence-electron chi connectivity index (χ2n) is 5.89. The van der Waals surface area contributed by atoms with E-state index < -0.39 is 0 Å². The topological polar surface area (TPSA) is 42.0 Å². The van der Waals surface area contributed by atoms with Crippen LogP contribution < -0.4 is 5.32 Å². The molecule has 0 spiro atoms. The molecular formula is C16H20N2OS. The number of nitrogens with one attached hydrogen (secondary N) is 1. The van der Waals surface area contributed by atoms with E-state index in [1.807, 2.05) is 45.9 Å². The molecule has 1 aromatic carbocycles. The third kappa shape index (κ3) is 3.97. The van der Waals surface area contributed by atoms with Crippen LogP contribution >= 0.6 is 11.8 Å². The number of rotatable bonds is 3. The van der Waals surface area contributed by atoms with Crippen molar-refractivity contribution >= 4 is 28.6 Å². The van der Waals surface area contributed by atoms with Crippen molar-refractivity contribution in [3.63, 3.8) is 0 Å². The Hall–Kier alpha value is -1.55. The van der Waals surface area contributed by atoms with Gasteiger partial charge in [0.15, 0.2) is 0 Å². The van der Waals surface area contributed by atoms with Crippen LogP contribution in [0.2, 0.25) is 0 Å². The maximum absolute atomic E-state index is 11.8. The average molecular weight is 288 g/mol. The monoisotopic (exact) mass is 288 g/mol. The van der Waals surface area contributed by atoms with Gasteiger partial charge < -0.3 is 5.32 Å². The Morgan fingerprint density at radius 1 is 1.30 bits per heavy atom. The Labute approximate surface area is 124 Å². The number of carbonyl (C=O) groups excluding carboxylic acids is 1. The first-order valence-corrected chi connectivity index (χ1v) is 7.64. The fraction of sp³-hybridized carbons (Fsp3) is 0.375. The highest BCUT2D eigenvalue weighted by Crippen LogP contribution is 2.24. The van der Waals surface area contributed by atoms with Crippen LogP contribution in [-0.2, 0) is 4.79 Å². The van der Waals surface area contributed by atoms with Crippen LogP contribution in [-0.4, -0.2) is 22.2 Å². The minimum absolute atomic E-state index is 0.0388. The minimum atomic E-state index is -0.191. The molecule has 0 unspecified atom stereocenters. The van der Waals surface area contributed by atoms with E-state index in [2.05, 4.69) is 22.4 Å². The number of amides is 1. The number of hydrogen-bond donors (Lipinski definition) is 1. The van der Waals surface area contributed by atoms with Gasteiger partial charge in [-0.05, 0) is 45.4 Å². The summed E-state index contributed by atoms with van der Waals surface area (Å²) in [5, 5.41) is 5.02. The van der Waals surface area contributed by atoms with Gasteiger partial charge in [-0.25, -0.2) is 4.98 Å². The summed E-state index contributed by atoms with van der Waals surface area (Å²) >= 11 is 1.49. The van der Waals surface area contributed by atoms with Crippen LogP contribution in [0.4, 0.5) is 0 Å². The van der Waals surface area contributed by atoms with E-state index in [0.29, 0.717) is 5.75 Å². The largest absolute Gasteiger partial charge is 0.351 e. The zero-order valence-electron chi connectivity index (χ0n) is 12.4. The lowest BCUT2D eigenvalue weighted by atomic mass is 10.1. The molecular weight excluding hydrogens is 268 g/mol. The lowest BCUT2D eigenvalue weighted by molar-refractivity contribution is -0.119. The third-order valence-electron chi connectivity index (χ3n) is 2.72. The van der Waals surface area contributed by atoms with Gasteiger partial charge in [-0.3, -0.25) is 4.79 Å². The minimum Gasteiger partial charge on any atom is -0.351 e. The van der Waals surface area contributed by atoms with Crippen molar-refractivity contribution in [2.24, 2.45) is 0 Å². The molecule has 1 aromatic heterocycles. The van der Waals surface area contributed by atoms with Crippen LogP contribution in [0.15, 0.2) is 35.4 Å². The first-order chi connectivity index (χ1) is 9.35. The summed E-state index contributed by atoms with van der Waals surface area (Å²) in [6.45, 7) is 7.97. The van der Waals surface area contributed by atoms with Crippen molar-refractivity contribution in [2.45, 2.75) is 38.3 Å². The summed E-state index contributed by atoms with van der Waals surface area (Å²) in [5.41, 5.74) is 1.89. The quantitative estimate of drug-likeness (QED) is 0.878. The SMILES string of the molecule is Cc1cc2ccccc2nc1SCC(=O)NC(C)(C)C. The zero-order chi connectivity index (χ0) is 14.8. The first-order valence-electron chi connectivity index (χ1n) is 6.65. The molecule has 0 atom stereocenters. The molecule has 1 heterocycles. The highest BCUT2D eigenvalue weighted by molar-refractivity contribution is 7.99. The Balaban J connectivity index is 2.10. The maximum atomic E-state index is 11.8. The van der Waals surface area contributed by atoms with E-state index in [9.17, 15) is 4.79 Å². The molecule has 2 rings (SSSR count). The highest BCUT2D eigenvalue weighted by atomic mass is 32.2. The van der Waals surface area contributed by atoms with E-state index in [-0.39, 0.29) is 11.4 Å². The number of benzene rings is 1. The Morgan fingerprint density at radius 3 is 2.70 bits per heavy atom. The Bertz CT molecular complexity index is 632. The molecule has 0 saturated heterocycles. The number of fused-ring (bicyclic) bond motifs is 1. The second-order valence-corrected chi connectivity index (χ2v) is 6.85. The van der Waals surface area contributed by atoms with Crippen LogP contribution in [0.3, 0.4) is 0 Å². The lowest BCUT2D eigenvalue weighted by Gasteiger charge is -2.20. The average Bonchev–Trinajstić information content (AvgIpc) is 2.34. The van der Waals surface area contributed by atoms with Gasteiger partial charge in [0, 0.05) is 10.9 Å². The van der Waals surface area contributed by atoms with Gasteiger partial charge in [0.2, 0.25) is 5.91 Å². The molecule has 0 aliphatic heterocycles. The molecule has 0 bridgehead atoms. The number of para-hydroxylation sites is 1. The third-order valence-corrected chi connectivity index (χ3v) is 3.82. The standard InChI is InChI=1S/C16H20N2OS/c1-11-9-12-7-5-6-8-13(12)17-15(11)20-10-14(19)18-16(2,3)4/h5-9H,10H2,1-4H3,(H,18,19). The molecule has 1 amide bonds. The summed E-state index contributed by atoms with van der Waals surface area (Å²) in [5.74, 6) is 0.431. The van der Waals surface area contributed by atoms with Gasteiger partial charge in [0.1, 0.15) is 5.03 Å². The predicted octanol–water partition coefficient (Wildman–Crippen LogP) is 3.55. The molecule has 4 heteroatoms. The summed E-state index contributed by atoms with van der Waals surface area (Å²) in [7, 11) is 0. The second kappa shape index (κ2) is 5.83. The number of hydrogen-bond acceptors (Lipinski definition) is 3. The summed E-state index contributed by atoms with van der Waals surface area (Å²) in [6.07, 6.45) is 0. The smallest absolute Gasteiger partial charge is 0.230 e. The van der Waals surface area contributed by atoms with E-state index >= 15 is 0 Å². The van der Waals surface area contributed by atoms with Crippen molar-refractivity contribution in [3.8, 4) is 0 Å². The first kappa shape index (κ1) is 14.9. The highest BCUT2D eigenvalue weighted by Gasteiger charge is 2.14. The summed E-state index contributed by atoms with van der Waals surface area (Å²) in [4.78, 5) is 16.5. The van der Waals surface area contributed by atoms with Crippen molar-refractivity contribution < 1.29 is 4.79 Å². The van der Waals surface area contributed by atoms with Gasteiger partial charge in [-0.15, -0.1) is 0 Å². The van der Waals surface area contributed by atoms with E-state index in [0.717, 1.165) is 21.5 Å². The predicted molar refractivity (Wildman–Crippen MR) is 85.1 cm³/mol. The number of thioether (sulfide) groups is 1. The fourth-order valence-corrected chi connectivity index (χ4v) is 2.73. The van der Waals surface area contributed by atoms with Crippen LogP contribution in [0.5, 0.6) is 0 Å². The van der Waals surface area contributed by atoms with Crippen molar-refractivity contribution in [1.82, 2.24) is 10.3 Å². The van der Waals surface area contributed by atoms with Gasteiger partial charge in [0.05, 0.1) is 11.3 Å². The van der Waals surface area contributed by atoms with Crippen LogP contribution in [0.1, 0.15) is 26.3 Å². The maximum Gasteiger partial charge on any atom is 0.230 e. The summed E-state index contributed by atoms with van der Waals surface area (Å²) < 4.78 is 0. The zero-order valence-corrected chi connectivity index (χ0v) is 13.2. The van der Waals surface area contributed by atoms with Crippen molar-refractivity contribution in [3.05, 3.63) is 35.9 Å². The van der Waals surface area contributed by atoms with E-state index in [4.69, 9.17) is 0 Å². The fourth-order valence-electron chi connectivity index (χ4n) is 1.94. The Morgan fingerprint density at radius 2 is 2.00 bits per heavy atom. The summed E-state index contributed by atoms with van der Waals surface area (Å²) in [6, 6.07) is 10.1. The molecule has 2 aromatic rings. The van der Waals surface area contributed by atoms with Gasteiger partial charge in [-0.1, -0.05) is 30.0 Å². The molecule has 0 saturated carbocycles. The molecule has 0 radical (unpaired) electrons. The molecule has 20 heavy (non-hydrogen) atoms. The van der Waals surface area contributed by atoms with Gasteiger partial charge in [-0.2, -0.15) is 0 Å². The normalized spacial score (nSPS) is 11.6. The number of nitrogens with zero attached hydrogens (tertiary/aromatic N) is 1. The van der Waals surface area contributed by atoms with E-state index in [1.54, 1.807) is 0 Å². The molecule has 1 N–H and O–H groups in total. The van der Waals surface area contributed by atoms with E-state index in [1.165, 1.54) is 11.8 Å².